The first-order valence-electron chi connectivity index (χ1n) is 6.35. The third kappa shape index (κ3) is 4.59. The van der Waals surface area contributed by atoms with Crippen LogP contribution in [0.4, 0.5) is 4.39 Å². The number of hydrogen-bond donors (Lipinski definition) is 2. The minimum atomic E-state index is -0.723. The van der Waals surface area contributed by atoms with Gasteiger partial charge in [0.15, 0.2) is 0 Å². The molecule has 1 aromatic carbocycles. The van der Waals surface area contributed by atoms with Crippen LogP contribution in [0.25, 0.3) is 0 Å². The molecule has 6 heteroatoms. The highest BCUT2D eigenvalue weighted by Crippen LogP contribution is 2.18. The average Bonchev–Trinajstić information content (AvgIpc) is 2.38. The van der Waals surface area contributed by atoms with E-state index in [9.17, 15) is 14.0 Å². The van der Waals surface area contributed by atoms with E-state index in [-0.39, 0.29) is 15.9 Å². The van der Waals surface area contributed by atoms with Crippen LogP contribution in [0.15, 0.2) is 22.7 Å². The fraction of sp³-hybridized carbons (Fsp3) is 0.429. The van der Waals surface area contributed by atoms with Gasteiger partial charge in [-0.1, -0.05) is 19.9 Å². The first kappa shape index (κ1) is 16.6. The number of nitrogens with one attached hydrogen (secondary N) is 2. The monoisotopic (exact) mass is 344 g/mol. The molecule has 0 radical (unpaired) electrons. The van der Waals surface area contributed by atoms with Crippen LogP contribution in [0.3, 0.4) is 0 Å². The Morgan fingerprint density at radius 2 is 1.95 bits per heavy atom. The Morgan fingerprint density at radius 3 is 2.55 bits per heavy atom. The van der Waals surface area contributed by atoms with Crippen molar-refractivity contribution in [3.05, 3.63) is 34.1 Å². The third-order valence-electron chi connectivity index (χ3n) is 2.62. The molecule has 2 amide bonds. The van der Waals surface area contributed by atoms with E-state index < -0.39 is 17.8 Å². The van der Waals surface area contributed by atoms with Gasteiger partial charge in [0.1, 0.15) is 11.9 Å². The van der Waals surface area contributed by atoms with Gasteiger partial charge in [0.2, 0.25) is 5.91 Å². The lowest BCUT2D eigenvalue weighted by Crippen LogP contribution is -2.45. The van der Waals surface area contributed by atoms with Crippen LogP contribution in [0.5, 0.6) is 0 Å². The van der Waals surface area contributed by atoms with Gasteiger partial charge in [-0.25, -0.2) is 4.39 Å². The first-order chi connectivity index (χ1) is 9.32. The van der Waals surface area contributed by atoms with Gasteiger partial charge in [0.25, 0.3) is 5.91 Å². The van der Waals surface area contributed by atoms with E-state index in [1.807, 2.05) is 13.8 Å². The van der Waals surface area contributed by atoms with Crippen LogP contribution in [-0.2, 0) is 4.79 Å². The average molecular weight is 345 g/mol. The predicted molar refractivity (Wildman–Crippen MR) is 78.9 cm³/mol. The van der Waals surface area contributed by atoms with Crippen molar-refractivity contribution in [1.29, 1.82) is 0 Å². The molecule has 2 N–H and O–H groups in total. The lowest BCUT2D eigenvalue weighted by molar-refractivity contribution is -0.122. The standard InChI is InChI=1S/C14H18BrFN2O2/c1-8(2)7-17-13(19)9(3)18-14(20)10-5-4-6-11(15)12(10)16/h4-6,8-9H,7H2,1-3H3,(H,17,19)(H,18,20). The highest BCUT2D eigenvalue weighted by Gasteiger charge is 2.19. The van der Waals surface area contributed by atoms with E-state index in [4.69, 9.17) is 0 Å². The Hall–Kier alpha value is -1.43. The smallest absolute Gasteiger partial charge is 0.254 e. The van der Waals surface area contributed by atoms with Gasteiger partial charge in [0.05, 0.1) is 10.0 Å². The third-order valence-corrected chi connectivity index (χ3v) is 3.23. The fourth-order valence-corrected chi connectivity index (χ4v) is 1.84. The Bertz CT molecular complexity index is 506. The molecular weight excluding hydrogens is 327 g/mol. The number of rotatable bonds is 5. The van der Waals surface area contributed by atoms with Crippen molar-refractivity contribution in [3.8, 4) is 0 Å². The Morgan fingerprint density at radius 1 is 1.30 bits per heavy atom. The number of carbonyl (C=O) groups excluding carboxylic acids is 2. The van der Waals surface area contributed by atoms with E-state index in [0.29, 0.717) is 12.5 Å². The van der Waals surface area contributed by atoms with Crippen LogP contribution in [0, 0.1) is 11.7 Å². The zero-order valence-electron chi connectivity index (χ0n) is 11.7. The van der Waals surface area contributed by atoms with Crippen molar-refractivity contribution in [2.24, 2.45) is 5.92 Å². The molecule has 1 rings (SSSR count). The summed E-state index contributed by atoms with van der Waals surface area (Å²) >= 11 is 3.02. The van der Waals surface area contributed by atoms with Crippen LogP contribution >= 0.6 is 15.9 Å². The molecule has 1 atom stereocenters. The number of hydrogen-bond acceptors (Lipinski definition) is 2. The molecule has 0 spiro atoms. The molecule has 1 aromatic rings. The lowest BCUT2D eigenvalue weighted by Gasteiger charge is -2.15. The molecule has 0 fully saturated rings. The molecule has 0 saturated carbocycles. The minimum Gasteiger partial charge on any atom is -0.354 e. The normalized spacial score (nSPS) is 12.1. The summed E-state index contributed by atoms with van der Waals surface area (Å²) in [6.07, 6.45) is 0. The second-order valence-electron chi connectivity index (χ2n) is 4.94. The number of halogens is 2. The summed E-state index contributed by atoms with van der Waals surface area (Å²) in [5, 5.41) is 5.18. The van der Waals surface area contributed by atoms with E-state index in [1.54, 1.807) is 13.0 Å². The van der Waals surface area contributed by atoms with Crippen molar-refractivity contribution in [1.82, 2.24) is 10.6 Å². The second kappa shape index (κ2) is 7.38. The zero-order valence-corrected chi connectivity index (χ0v) is 13.3. The molecule has 0 aliphatic carbocycles. The van der Waals surface area contributed by atoms with Gasteiger partial charge in [-0.15, -0.1) is 0 Å². The zero-order chi connectivity index (χ0) is 15.3. The van der Waals surface area contributed by atoms with Gasteiger partial charge < -0.3 is 10.6 Å². The van der Waals surface area contributed by atoms with Crippen LogP contribution in [0.1, 0.15) is 31.1 Å². The van der Waals surface area contributed by atoms with Gasteiger partial charge in [-0.3, -0.25) is 9.59 Å². The van der Waals surface area contributed by atoms with Crippen molar-refractivity contribution in [2.75, 3.05) is 6.54 Å². The van der Waals surface area contributed by atoms with Gasteiger partial charge >= 0.3 is 0 Å². The van der Waals surface area contributed by atoms with E-state index in [0.717, 1.165) is 0 Å². The Kier molecular flexibility index (Phi) is 6.13. The second-order valence-corrected chi connectivity index (χ2v) is 5.79. The SMILES string of the molecule is CC(C)CNC(=O)C(C)NC(=O)c1cccc(Br)c1F. The summed E-state index contributed by atoms with van der Waals surface area (Å²) in [6.45, 7) is 6.04. The summed E-state index contributed by atoms with van der Waals surface area (Å²) < 4.78 is 14.0. The van der Waals surface area contributed by atoms with Crippen molar-refractivity contribution < 1.29 is 14.0 Å². The minimum absolute atomic E-state index is 0.0946. The molecule has 0 saturated heterocycles. The maximum Gasteiger partial charge on any atom is 0.254 e. The highest BCUT2D eigenvalue weighted by molar-refractivity contribution is 9.10. The van der Waals surface area contributed by atoms with Gasteiger partial charge in [-0.05, 0) is 40.9 Å². The number of amides is 2. The van der Waals surface area contributed by atoms with Crippen molar-refractivity contribution >= 4 is 27.7 Å². The molecule has 110 valence electrons. The topological polar surface area (TPSA) is 58.2 Å². The highest BCUT2D eigenvalue weighted by atomic mass is 79.9. The van der Waals surface area contributed by atoms with Gasteiger partial charge in [-0.2, -0.15) is 0 Å². The fourth-order valence-electron chi connectivity index (χ4n) is 1.48. The summed E-state index contributed by atoms with van der Waals surface area (Å²) in [4.78, 5) is 23.7. The summed E-state index contributed by atoms with van der Waals surface area (Å²) in [5.74, 6) is -1.22. The molecule has 4 nitrogen and oxygen atoms in total. The van der Waals surface area contributed by atoms with E-state index in [2.05, 4.69) is 26.6 Å². The molecule has 0 aliphatic heterocycles. The van der Waals surface area contributed by atoms with Crippen molar-refractivity contribution in [3.63, 3.8) is 0 Å². The van der Waals surface area contributed by atoms with E-state index in [1.165, 1.54) is 12.1 Å². The molecular formula is C14H18BrFN2O2. The maximum atomic E-state index is 13.7. The number of benzene rings is 1. The van der Waals surface area contributed by atoms with Crippen LogP contribution < -0.4 is 10.6 Å². The lowest BCUT2D eigenvalue weighted by atomic mass is 10.1. The number of carbonyl (C=O) groups is 2. The Balaban J connectivity index is 2.66. The van der Waals surface area contributed by atoms with Crippen LogP contribution in [0.2, 0.25) is 0 Å². The molecule has 0 bridgehead atoms. The molecule has 0 aromatic heterocycles. The largest absolute Gasteiger partial charge is 0.354 e. The first-order valence-corrected chi connectivity index (χ1v) is 7.14. The summed E-state index contributed by atoms with van der Waals surface area (Å²) in [7, 11) is 0. The molecule has 0 heterocycles. The Labute approximate surface area is 126 Å². The molecule has 0 aliphatic rings. The van der Waals surface area contributed by atoms with Crippen molar-refractivity contribution in [2.45, 2.75) is 26.8 Å². The quantitative estimate of drug-likeness (QED) is 0.861. The summed E-state index contributed by atoms with van der Waals surface area (Å²) in [6, 6.07) is 3.71. The van der Waals surface area contributed by atoms with Gasteiger partial charge in [0, 0.05) is 6.54 Å². The molecule has 1 unspecified atom stereocenters. The van der Waals surface area contributed by atoms with E-state index >= 15 is 0 Å². The predicted octanol–water partition coefficient (Wildman–Crippen LogP) is 2.48. The van der Waals surface area contributed by atoms with Crippen LogP contribution in [-0.4, -0.2) is 24.4 Å². The molecule has 20 heavy (non-hydrogen) atoms. The maximum absolute atomic E-state index is 13.7. The summed E-state index contributed by atoms with van der Waals surface area (Å²) in [5.41, 5.74) is -0.0946.